The van der Waals surface area contributed by atoms with Gasteiger partial charge in [0.05, 0.1) is 0 Å². The van der Waals surface area contributed by atoms with Crippen molar-refractivity contribution in [3.8, 4) is 0 Å². The van der Waals surface area contributed by atoms with E-state index in [1.807, 2.05) is 0 Å². The molecule has 1 aromatic rings. The molecule has 1 aromatic carbocycles. The summed E-state index contributed by atoms with van der Waals surface area (Å²) in [4.78, 5) is 4.51. The number of guanidine groups is 1. The van der Waals surface area contributed by atoms with Gasteiger partial charge < -0.3 is 10.6 Å². The number of nitrogens with zero attached hydrogens (tertiary/aromatic N) is 1. The molecule has 2 aliphatic rings. The fourth-order valence-corrected chi connectivity index (χ4v) is 3.15. The molecule has 0 saturated heterocycles. The van der Waals surface area contributed by atoms with Crippen molar-refractivity contribution in [2.45, 2.75) is 44.9 Å². The van der Waals surface area contributed by atoms with Crippen molar-refractivity contribution in [3.05, 3.63) is 34.9 Å². The van der Waals surface area contributed by atoms with E-state index in [9.17, 15) is 0 Å². The first kappa shape index (κ1) is 16.6. The molecule has 0 atom stereocenters. The smallest absolute Gasteiger partial charge is 0.191 e. The molecule has 4 heteroatoms. The number of nitrogens with one attached hydrogen (secondary N) is 2. The summed E-state index contributed by atoms with van der Waals surface area (Å²) in [6.45, 7) is 7.40. The average Bonchev–Trinajstić information content (AvgIpc) is 2.42. The van der Waals surface area contributed by atoms with Gasteiger partial charge in [0, 0.05) is 25.0 Å². The zero-order chi connectivity index (χ0) is 14.0. The predicted octanol–water partition coefficient (Wildman–Crippen LogP) is 3.28. The van der Waals surface area contributed by atoms with Crippen molar-refractivity contribution < 1.29 is 0 Å². The van der Waals surface area contributed by atoms with E-state index < -0.39 is 0 Å². The van der Waals surface area contributed by atoms with Gasteiger partial charge in [0.1, 0.15) is 0 Å². The van der Waals surface area contributed by atoms with Crippen LogP contribution in [0.1, 0.15) is 42.4 Å². The molecule has 3 rings (SSSR count). The van der Waals surface area contributed by atoms with Crippen LogP contribution in [0, 0.1) is 13.8 Å². The zero-order valence-electron chi connectivity index (χ0n) is 13.0. The number of hydrogen-bond donors (Lipinski definition) is 2. The Morgan fingerprint density at radius 3 is 2.57 bits per heavy atom. The Kier molecular flexibility index (Phi) is 5.52. The minimum atomic E-state index is 0. The second kappa shape index (κ2) is 6.99. The second-order valence-electron chi connectivity index (χ2n) is 6.30. The van der Waals surface area contributed by atoms with E-state index >= 15 is 0 Å². The molecule has 0 radical (unpaired) electrons. The van der Waals surface area contributed by atoms with Gasteiger partial charge in [-0.2, -0.15) is 0 Å². The van der Waals surface area contributed by atoms with Gasteiger partial charge in [0.2, 0.25) is 0 Å². The standard InChI is InChI=1S/C17H25N3.HI/c1-13-5-6-15(11-14(13)2)17(7-3-8-17)12-20-16-18-9-4-10-19-16;/h5-6,11H,3-4,7-10,12H2,1-2H3,(H2,18,19,20);1H. The first-order chi connectivity index (χ1) is 9.70. The summed E-state index contributed by atoms with van der Waals surface area (Å²) in [5.74, 6) is 0.992. The highest BCUT2D eigenvalue weighted by Gasteiger charge is 2.38. The van der Waals surface area contributed by atoms with Crippen LogP contribution in [0.5, 0.6) is 0 Å². The molecule has 1 aliphatic carbocycles. The summed E-state index contributed by atoms with van der Waals surface area (Å²) in [6, 6.07) is 6.96. The molecule has 1 aliphatic heterocycles. The lowest BCUT2D eigenvalue weighted by atomic mass is 9.64. The third-order valence-electron chi connectivity index (χ3n) is 4.92. The lowest BCUT2D eigenvalue weighted by Crippen LogP contribution is -2.50. The molecular weight excluding hydrogens is 373 g/mol. The quantitative estimate of drug-likeness (QED) is 0.766. The van der Waals surface area contributed by atoms with Crippen molar-refractivity contribution in [1.29, 1.82) is 0 Å². The van der Waals surface area contributed by atoms with Crippen molar-refractivity contribution >= 4 is 29.9 Å². The van der Waals surface area contributed by atoms with Crippen LogP contribution in [0.4, 0.5) is 0 Å². The maximum absolute atomic E-state index is 4.51. The molecule has 3 nitrogen and oxygen atoms in total. The Morgan fingerprint density at radius 2 is 2.00 bits per heavy atom. The number of benzene rings is 1. The minimum Gasteiger partial charge on any atom is -0.356 e. The van der Waals surface area contributed by atoms with Crippen LogP contribution >= 0.6 is 24.0 Å². The van der Waals surface area contributed by atoms with Crippen LogP contribution in [0.25, 0.3) is 0 Å². The van der Waals surface area contributed by atoms with Crippen LogP contribution in [-0.2, 0) is 5.41 Å². The minimum absolute atomic E-state index is 0. The Morgan fingerprint density at radius 1 is 1.19 bits per heavy atom. The van der Waals surface area contributed by atoms with Gasteiger partial charge in [0.15, 0.2) is 5.96 Å². The molecule has 0 unspecified atom stereocenters. The number of aryl methyl sites for hydroxylation is 2. The van der Waals surface area contributed by atoms with Gasteiger partial charge in [-0.3, -0.25) is 4.99 Å². The highest BCUT2D eigenvalue weighted by Crippen LogP contribution is 2.43. The summed E-state index contributed by atoms with van der Waals surface area (Å²) in [5, 5.41) is 6.89. The number of halogens is 1. The largest absolute Gasteiger partial charge is 0.356 e. The Bertz CT molecular complexity index is 521. The molecular formula is C17H26IN3. The number of hydrogen-bond acceptors (Lipinski definition) is 3. The Balaban J connectivity index is 0.00000161. The zero-order valence-corrected chi connectivity index (χ0v) is 15.4. The molecule has 116 valence electrons. The van der Waals surface area contributed by atoms with Crippen LogP contribution in [0.3, 0.4) is 0 Å². The van der Waals surface area contributed by atoms with Crippen molar-refractivity contribution in [1.82, 2.24) is 10.6 Å². The maximum Gasteiger partial charge on any atom is 0.191 e. The monoisotopic (exact) mass is 399 g/mol. The molecule has 21 heavy (non-hydrogen) atoms. The summed E-state index contributed by atoms with van der Waals surface area (Å²) < 4.78 is 0. The van der Waals surface area contributed by atoms with E-state index in [1.165, 1.54) is 36.0 Å². The first-order valence-corrected chi connectivity index (χ1v) is 7.80. The maximum atomic E-state index is 4.51. The Labute approximate surface area is 145 Å². The van der Waals surface area contributed by atoms with Crippen LogP contribution in [0.15, 0.2) is 23.2 Å². The van der Waals surface area contributed by atoms with E-state index in [0.29, 0.717) is 5.41 Å². The normalized spacial score (nSPS) is 19.6. The van der Waals surface area contributed by atoms with Gasteiger partial charge >= 0.3 is 0 Å². The van der Waals surface area contributed by atoms with E-state index in [2.05, 4.69) is 47.7 Å². The molecule has 1 saturated carbocycles. The molecule has 0 bridgehead atoms. The lowest BCUT2D eigenvalue weighted by Gasteiger charge is -2.43. The third kappa shape index (κ3) is 3.52. The highest BCUT2D eigenvalue weighted by atomic mass is 127. The van der Waals surface area contributed by atoms with Crippen LogP contribution in [-0.4, -0.2) is 25.6 Å². The molecule has 0 spiro atoms. The summed E-state index contributed by atoms with van der Waals surface area (Å²) in [7, 11) is 0. The third-order valence-corrected chi connectivity index (χ3v) is 4.92. The molecule has 1 heterocycles. The van der Waals surface area contributed by atoms with Gasteiger partial charge in [-0.15, -0.1) is 24.0 Å². The topological polar surface area (TPSA) is 36.4 Å². The molecule has 0 aromatic heterocycles. The first-order valence-electron chi connectivity index (χ1n) is 7.80. The molecule has 1 fully saturated rings. The fourth-order valence-electron chi connectivity index (χ4n) is 3.15. The van der Waals surface area contributed by atoms with E-state index in [-0.39, 0.29) is 24.0 Å². The van der Waals surface area contributed by atoms with E-state index in [0.717, 1.165) is 32.0 Å². The fraction of sp³-hybridized carbons (Fsp3) is 0.588. The number of rotatable bonds is 3. The molecule has 0 amide bonds. The van der Waals surface area contributed by atoms with Gasteiger partial charge in [-0.1, -0.05) is 24.6 Å². The van der Waals surface area contributed by atoms with Gasteiger partial charge in [-0.25, -0.2) is 0 Å². The van der Waals surface area contributed by atoms with E-state index in [4.69, 9.17) is 0 Å². The number of aliphatic imine (C=N–C) groups is 1. The van der Waals surface area contributed by atoms with Crippen LogP contribution < -0.4 is 10.6 Å². The summed E-state index contributed by atoms with van der Waals surface area (Å²) in [6.07, 6.45) is 5.06. The van der Waals surface area contributed by atoms with Gasteiger partial charge in [0.25, 0.3) is 0 Å². The highest BCUT2D eigenvalue weighted by molar-refractivity contribution is 14.0. The van der Waals surface area contributed by atoms with E-state index in [1.54, 1.807) is 0 Å². The predicted molar refractivity (Wildman–Crippen MR) is 99.8 cm³/mol. The molecule has 2 N–H and O–H groups in total. The van der Waals surface area contributed by atoms with Gasteiger partial charge in [-0.05, 0) is 49.8 Å². The van der Waals surface area contributed by atoms with Crippen LogP contribution in [0.2, 0.25) is 0 Å². The average molecular weight is 399 g/mol. The van der Waals surface area contributed by atoms with Crippen molar-refractivity contribution in [2.24, 2.45) is 4.99 Å². The summed E-state index contributed by atoms with van der Waals surface area (Å²) in [5.41, 5.74) is 4.60. The Hall–Kier alpha value is -0.780. The van der Waals surface area contributed by atoms with Crippen molar-refractivity contribution in [3.63, 3.8) is 0 Å². The van der Waals surface area contributed by atoms with Crippen molar-refractivity contribution in [2.75, 3.05) is 19.6 Å². The second-order valence-corrected chi connectivity index (χ2v) is 6.30. The summed E-state index contributed by atoms with van der Waals surface area (Å²) >= 11 is 0. The SMILES string of the molecule is Cc1ccc(C2(CNC3=NCCCN3)CCC2)cc1C.I. The lowest BCUT2D eigenvalue weighted by molar-refractivity contribution is 0.243.